The molecule has 122 valence electrons. The van der Waals surface area contributed by atoms with Gasteiger partial charge in [0.05, 0.1) is 13.0 Å². The molecule has 0 bridgehead atoms. The van der Waals surface area contributed by atoms with Crippen molar-refractivity contribution in [3.63, 3.8) is 0 Å². The van der Waals surface area contributed by atoms with Crippen molar-refractivity contribution in [3.8, 4) is 11.1 Å². The first kappa shape index (κ1) is 16.1. The molecule has 0 N–H and O–H groups in total. The molecule has 0 atom stereocenters. The number of nitrogens with zero attached hydrogens (tertiary/aromatic N) is 1. The van der Waals surface area contributed by atoms with Gasteiger partial charge in [0, 0.05) is 7.05 Å². The topological polar surface area (TPSA) is 33.5 Å². The predicted octanol–water partition coefficient (Wildman–Crippen LogP) is 4.46. The van der Waals surface area contributed by atoms with Crippen LogP contribution in [0.5, 0.6) is 0 Å². The molecule has 2 aromatic carbocycles. The number of amides is 1. The molecule has 0 saturated carbocycles. The Kier molecular flexibility index (Phi) is 4.80. The standard InChI is InChI=1S/C21H21NO2/c1-16-8-13-20(24-16)15-22(2)21(23)14-17-9-11-19(12-10-17)18-6-4-3-5-7-18/h3-13H,14-15H2,1-2H3. The van der Waals surface area contributed by atoms with Gasteiger partial charge in [0.2, 0.25) is 5.91 Å². The molecule has 0 radical (unpaired) electrons. The summed E-state index contributed by atoms with van der Waals surface area (Å²) in [5, 5.41) is 0. The molecule has 24 heavy (non-hydrogen) atoms. The van der Waals surface area contributed by atoms with Crippen molar-refractivity contribution in [2.45, 2.75) is 19.9 Å². The van der Waals surface area contributed by atoms with Gasteiger partial charge in [-0.25, -0.2) is 0 Å². The monoisotopic (exact) mass is 319 g/mol. The molecule has 0 fully saturated rings. The zero-order valence-electron chi connectivity index (χ0n) is 14.0. The largest absolute Gasteiger partial charge is 0.464 e. The lowest BCUT2D eigenvalue weighted by Gasteiger charge is -2.16. The second kappa shape index (κ2) is 7.18. The van der Waals surface area contributed by atoms with E-state index in [4.69, 9.17) is 4.42 Å². The molecule has 3 heteroatoms. The normalized spacial score (nSPS) is 10.6. The summed E-state index contributed by atoms with van der Waals surface area (Å²) in [6, 6.07) is 22.2. The highest BCUT2D eigenvalue weighted by Gasteiger charge is 2.12. The van der Waals surface area contributed by atoms with E-state index in [9.17, 15) is 4.79 Å². The Labute approximate surface area is 142 Å². The molecule has 1 aromatic heterocycles. The third kappa shape index (κ3) is 3.93. The molecule has 0 saturated heterocycles. The highest BCUT2D eigenvalue weighted by molar-refractivity contribution is 5.78. The van der Waals surface area contributed by atoms with E-state index < -0.39 is 0 Å². The van der Waals surface area contributed by atoms with Crippen LogP contribution < -0.4 is 0 Å². The van der Waals surface area contributed by atoms with Gasteiger partial charge in [-0.3, -0.25) is 4.79 Å². The van der Waals surface area contributed by atoms with Gasteiger partial charge in [-0.2, -0.15) is 0 Å². The van der Waals surface area contributed by atoms with E-state index in [0.717, 1.165) is 22.6 Å². The quantitative estimate of drug-likeness (QED) is 0.696. The van der Waals surface area contributed by atoms with E-state index in [1.54, 1.807) is 11.9 Å². The molecule has 1 amide bonds. The van der Waals surface area contributed by atoms with Gasteiger partial charge in [-0.05, 0) is 35.7 Å². The summed E-state index contributed by atoms with van der Waals surface area (Å²) < 4.78 is 5.53. The first-order chi connectivity index (χ1) is 11.6. The lowest BCUT2D eigenvalue weighted by atomic mass is 10.0. The SMILES string of the molecule is Cc1ccc(CN(C)C(=O)Cc2ccc(-c3ccccc3)cc2)o1. The number of aryl methyl sites for hydroxylation is 1. The fourth-order valence-electron chi connectivity index (χ4n) is 2.65. The molecule has 0 aliphatic heterocycles. The number of hydrogen-bond acceptors (Lipinski definition) is 2. The van der Waals surface area contributed by atoms with E-state index in [1.807, 2.05) is 49.4 Å². The number of benzene rings is 2. The van der Waals surface area contributed by atoms with Gasteiger partial charge in [0.15, 0.2) is 0 Å². The summed E-state index contributed by atoms with van der Waals surface area (Å²) in [6.07, 6.45) is 0.394. The summed E-state index contributed by atoms with van der Waals surface area (Å²) in [7, 11) is 1.80. The Bertz CT molecular complexity index is 803. The van der Waals surface area contributed by atoms with Crippen molar-refractivity contribution in [2.24, 2.45) is 0 Å². The molecule has 0 aliphatic carbocycles. The maximum atomic E-state index is 12.4. The predicted molar refractivity (Wildman–Crippen MR) is 95.5 cm³/mol. The zero-order chi connectivity index (χ0) is 16.9. The molecule has 0 aliphatic rings. The van der Waals surface area contributed by atoms with Crippen molar-refractivity contribution in [3.05, 3.63) is 83.8 Å². The summed E-state index contributed by atoms with van der Waals surface area (Å²) in [4.78, 5) is 14.1. The van der Waals surface area contributed by atoms with Gasteiger partial charge >= 0.3 is 0 Å². The highest BCUT2D eigenvalue weighted by Crippen LogP contribution is 2.19. The Balaban J connectivity index is 1.62. The van der Waals surface area contributed by atoms with Crippen LogP contribution in [0.4, 0.5) is 0 Å². The lowest BCUT2D eigenvalue weighted by molar-refractivity contribution is -0.129. The summed E-state index contributed by atoms with van der Waals surface area (Å²) in [5.74, 6) is 1.75. The van der Waals surface area contributed by atoms with Gasteiger partial charge in [-0.1, -0.05) is 54.6 Å². The van der Waals surface area contributed by atoms with Crippen LogP contribution in [-0.4, -0.2) is 17.9 Å². The van der Waals surface area contributed by atoms with Crippen molar-refractivity contribution in [1.82, 2.24) is 4.90 Å². The van der Waals surface area contributed by atoms with E-state index in [-0.39, 0.29) is 5.91 Å². The van der Waals surface area contributed by atoms with Gasteiger partial charge in [0.1, 0.15) is 11.5 Å². The van der Waals surface area contributed by atoms with Crippen LogP contribution in [0.1, 0.15) is 17.1 Å². The second-order valence-electron chi connectivity index (χ2n) is 6.00. The zero-order valence-corrected chi connectivity index (χ0v) is 14.0. The van der Waals surface area contributed by atoms with E-state index in [0.29, 0.717) is 13.0 Å². The number of carbonyl (C=O) groups excluding carboxylic acids is 1. The second-order valence-corrected chi connectivity index (χ2v) is 6.00. The minimum absolute atomic E-state index is 0.0801. The van der Waals surface area contributed by atoms with Crippen LogP contribution in [0.3, 0.4) is 0 Å². The molecule has 3 nitrogen and oxygen atoms in total. The van der Waals surface area contributed by atoms with Gasteiger partial charge in [0.25, 0.3) is 0 Å². The molecule has 3 aromatic rings. The smallest absolute Gasteiger partial charge is 0.227 e. The number of carbonyl (C=O) groups is 1. The van der Waals surface area contributed by atoms with Crippen LogP contribution in [0, 0.1) is 6.92 Å². The first-order valence-corrected chi connectivity index (χ1v) is 8.05. The fourth-order valence-corrected chi connectivity index (χ4v) is 2.65. The van der Waals surface area contributed by atoms with Crippen molar-refractivity contribution >= 4 is 5.91 Å². The number of rotatable bonds is 5. The maximum absolute atomic E-state index is 12.4. The van der Waals surface area contributed by atoms with Crippen molar-refractivity contribution in [2.75, 3.05) is 7.05 Å². The Hall–Kier alpha value is -2.81. The molecular formula is C21H21NO2. The summed E-state index contributed by atoms with van der Waals surface area (Å²) in [5.41, 5.74) is 3.36. The molecule has 0 unspecified atom stereocenters. The van der Waals surface area contributed by atoms with E-state index >= 15 is 0 Å². The highest BCUT2D eigenvalue weighted by atomic mass is 16.3. The van der Waals surface area contributed by atoms with Crippen LogP contribution in [0.15, 0.2) is 71.1 Å². The number of likely N-dealkylation sites (N-methyl/N-ethyl adjacent to an activating group) is 1. The lowest BCUT2D eigenvalue weighted by Crippen LogP contribution is -2.27. The first-order valence-electron chi connectivity index (χ1n) is 8.05. The average Bonchev–Trinajstić information content (AvgIpc) is 3.01. The van der Waals surface area contributed by atoms with Gasteiger partial charge < -0.3 is 9.32 Å². The van der Waals surface area contributed by atoms with Crippen LogP contribution in [-0.2, 0) is 17.8 Å². The Morgan fingerprint density at radius 2 is 1.58 bits per heavy atom. The van der Waals surface area contributed by atoms with Crippen molar-refractivity contribution in [1.29, 1.82) is 0 Å². The Morgan fingerprint density at radius 1 is 0.917 bits per heavy atom. The average molecular weight is 319 g/mol. The molecular weight excluding hydrogens is 298 g/mol. The Morgan fingerprint density at radius 3 is 2.21 bits per heavy atom. The fraction of sp³-hybridized carbons (Fsp3) is 0.190. The summed E-state index contributed by atoms with van der Waals surface area (Å²) >= 11 is 0. The molecule has 1 heterocycles. The van der Waals surface area contributed by atoms with E-state index in [1.165, 1.54) is 5.56 Å². The van der Waals surface area contributed by atoms with Crippen LogP contribution in [0.2, 0.25) is 0 Å². The molecule has 3 rings (SSSR count). The maximum Gasteiger partial charge on any atom is 0.227 e. The van der Waals surface area contributed by atoms with Gasteiger partial charge in [-0.15, -0.1) is 0 Å². The number of hydrogen-bond donors (Lipinski definition) is 0. The number of furan rings is 1. The summed E-state index contributed by atoms with van der Waals surface area (Å²) in [6.45, 7) is 2.40. The molecule has 0 spiro atoms. The third-order valence-electron chi connectivity index (χ3n) is 4.03. The van der Waals surface area contributed by atoms with Crippen LogP contribution in [0.25, 0.3) is 11.1 Å². The minimum atomic E-state index is 0.0801. The minimum Gasteiger partial charge on any atom is -0.464 e. The van der Waals surface area contributed by atoms with Crippen LogP contribution >= 0.6 is 0 Å². The van der Waals surface area contributed by atoms with E-state index in [2.05, 4.69) is 24.3 Å². The third-order valence-corrected chi connectivity index (χ3v) is 4.03. The van der Waals surface area contributed by atoms with Crippen molar-refractivity contribution < 1.29 is 9.21 Å².